The Bertz CT molecular complexity index is 792. The Hall–Kier alpha value is -1.75. The van der Waals surface area contributed by atoms with Crippen LogP contribution in [-0.2, 0) is 10.0 Å². The molecule has 0 fully saturated rings. The Morgan fingerprint density at radius 3 is 2.59 bits per heavy atom. The largest absolute Gasteiger partial charge is 0.262 e. The molecular formula is C15H17N3O2S2. The number of rotatable bonds is 5. The summed E-state index contributed by atoms with van der Waals surface area (Å²) in [6.45, 7) is 3.50. The summed E-state index contributed by atoms with van der Waals surface area (Å²) in [5.74, 6) is 0. The van der Waals surface area contributed by atoms with Gasteiger partial charge in [0.05, 0.1) is 22.4 Å². The van der Waals surface area contributed by atoms with Crippen LogP contribution in [0.5, 0.6) is 0 Å². The highest BCUT2D eigenvalue weighted by atomic mass is 32.2. The zero-order chi connectivity index (χ0) is 16.3. The molecule has 0 bridgehead atoms. The van der Waals surface area contributed by atoms with Gasteiger partial charge < -0.3 is 0 Å². The minimum absolute atomic E-state index is 0.0634. The lowest BCUT2D eigenvalue weighted by molar-refractivity contribution is 0.392. The molecule has 0 N–H and O–H groups in total. The molecule has 1 heterocycles. The first-order chi connectivity index (χ1) is 10.4. The number of hydrogen-bond donors (Lipinski definition) is 0. The number of sulfonamides is 1. The third-order valence-electron chi connectivity index (χ3n) is 3.37. The lowest BCUT2D eigenvalue weighted by atomic mass is 10.2. The lowest BCUT2D eigenvalue weighted by Crippen LogP contribution is -2.35. The van der Waals surface area contributed by atoms with Crippen molar-refractivity contribution < 1.29 is 8.42 Å². The third kappa shape index (κ3) is 3.19. The molecule has 7 heteroatoms. The van der Waals surface area contributed by atoms with Gasteiger partial charge in [-0.3, -0.25) is 0 Å². The van der Waals surface area contributed by atoms with Crippen molar-refractivity contribution in [3.05, 3.63) is 35.3 Å². The van der Waals surface area contributed by atoms with Crippen molar-refractivity contribution in [2.75, 3.05) is 7.05 Å². The summed E-state index contributed by atoms with van der Waals surface area (Å²) in [5, 5.41) is 9.53. The minimum Gasteiger partial charge on any atom is -0.228 e. The average molecular weight is 335 g/mol. The van der Waals surface area contributed by atoms with Crippen LogP contribution in [0.2, 0.25) is 0 Å². The van der Waals surface area contributed by atoms with Gasteiger partial charge in [-0.1, -0.05) is 30.3 Å². The van der Waals surface area contributed by atoms with Crippen molar-refractivity contribution in [3.8, 4) is 16.5 Å². The fourth-order valence-electron chi connectivity index (χ4n) is 1.99. The van der Waals surface area contributed by atoms with Gasteiger partial charge in [0.15, 0.2) is 5.03 Å². The van der Waals surface area contributed by atoms with Crippen LogP contribution in [-0.4, -0.2) is 30.8 Å². The summed E-state index contributed by atoms with van der Waals surface area (Å²) in [5.41, 5.74) is 0.827. The van der Waals surface area contributed by atoms with E-state index in [2.05, 4.69) is 4.98 Å². The summed E-state index contributed by atoms with van der Waals surface area (Å²) in [6.07, 6.45) is 0.138. The maximum Gasteiger partial charge on any atom is 0.262 e. The normalized spacial score (nSPS) is 13.0. The number of nitrogens with zero attached hydrogens (tertiary/aromatic N) is 3. The monoisotopic (exact) mass is 335 g/mol. The molecule has 1 unspecified atom stereocenters. The van der Waals surface area contributed by atoms with Gasteiger partial charge in [-0.05, 0) is 19.4 Å². The summed E-state index contributed by atoms with van der Waals surface area (Å²) >= 11 is 1.35. The molecule has 0 amide bonds. The maximum absolute atomic E-state index is 12.8. The van der Waals surface area contributed by atoms with Crippen molar-refractivity contribution in [2.45, 2.75) is 31.3 Å². The molecule has 0 saturated carbocycles. The minimum atomic E-state index is -3.74. The van der Waals surface area contributed by atoms with Crippen molar-refractivity contribution in [3.63, 3.8) is 0 Å². The summed E-state index contributed by atoms with van der Waals surface area (Å²) in [7, 11) is -2.25. The Labute approximate surface area is 134 Å². The molecule has 1 atom stereocenters. The van der Waals surface area contributed by atoms with Crippen molar-refractivity contribution in [2.24, 2.45) is 0 Å². The van der Waals surface area contributed by atoms with E-state index in [1.807, 2.05) is 36.4 Å². The highest BCUT2D eigenvalue weighted by Crippen LogP contribution is 2.34. The first-order valence-corrected chi connectivity index (χ1v) is 9.01. The number of benzene rings is 1. The Kier molecular flexibility index (Phi) is 4.96. The zero-order valence-corrected chi connectivity index (χ0v) is 14.3. The molecule has 22 heavy (non-hydrogen) atoms. The van der Waals surface area contributed by atoms with E-state index in [9.17, 15) is 8.42 Å². The molecule has 0 aliphatic heterocycles. The molecule has 0 aliphatic carbocycles. The van der Waals surface area contributed by atoms with E-state index in [4.69, 9.17) is 5.26 Å². The number of aromatic nitrogens is 1. The summed E-state index contributed by atoms with van der Waals surface area (Å²) < 4.78 is 26.9. The van der Waals surface area contributed by atoms with Crippen LogP contribution in [0.1, 0.15) is 18.4 Å². The second-order valence-corrected chi connectivity index (χ2v) is 8.08. The van der Waals surface area contributed by atoms with Gasteiger partial charge in [0, 0.05) is 13.1 Å². The molecule has 2 aromatic rings. The first-order valence-electron chi connectivity index (χ1n) is 6.75. The second kappa shape index (κ2) is 6.57. The molecule has 116 valence electrons. The van der Waals surface area contributed by atoms with Crippen LogP contribution >= 0.6 is 11.3 Å². The standard InChI is InChI=1S/C15H17N3O2S2/c1-11(9-10-16)18(3)22(19,20)15-14(21-12(2)17-15)13-7-5-4-6-8-13/h4-8,11H,9H2,1-3H3. The number of aryl methyl sites for hydroxylation is 1. The van der Waals surface area contributed by atoms with Gasteiger partial charge in [0.2, 0.25) is 0 Å². The molecule has 0 radical (unpaired) electrons. The molecule has 5 nitrogen and oxygen atoms in total. The molecule has 1 aromatic heterocycles. The van der Waals surface area contributed by atoms with E-state index >= 15 is 0 Å². The second-order valence-electron chi connectivity index (χ2n) is 4.97. The van der Waals surface area contributed by atoms with Crippen LogP contribution in [0, 0.1) is 18.3 Å². The predicted octanol–water partition coefficient (Wildman–Crippen LogP) is 3.04. The molecule has 0 spiro atoms. The van der Waals surface area contributed by atoms with Gasteiger partial charge in [0.1, 0.15) is 0 Å². The fourth-order valence-corrected chi connectivity index (χ4v) is 4.73. The molecular weight excluding hydrogens is 318 g/mol. The Morgan fingerprint density at radius 1 is 1.36 bits per heavy atom. The summed E-state index contributed by atoms with van der Waals surface area (Å²) in [4.78, 5) is 4.86. The Morgan fingerprint density at radius 2 is 2.00 bits per heavy atom. The van der Waals surface area contributed by atoms with Gasteiger partial charge in [-0.25, -0.2) is 13.4 Å². The predicted molar refractivity (Wildman–Crippen MR) is 86.9 cm³/mol. The van der Waals surface area contributed by atoms with Crippen LogP contribution in [0.25, 0.3) is 10.4 Å². The lowest BCUT2D eigenvalue weighted by Gasteiger charge is -2.21. The van der Waals surface area contributed by atoms with E-state index in [0.29, 0.717) is 9.88 Å². The van der Waals surface area contributed by atoms with Crippen LogP contribution in [0.4, 0.5) is 0 Å². The average Bonchev–Trinajstić information content (AvgIpc) is 2.90. The molecule has 1 aromatic carbocycles. The maximum atomic E-state index is 12.8. The fraction of sp³-hybridized carbons (Fsp3) is 0.333. The van der Waals surface area contributed by atoms with E-state index < -0.39 is 16.1 Å². The van der Waals surface area contributed by atoms with E-state index in [1.54, 1.807) is 13.8 Å². The Balaban J connectivity index is 2.51. The quantitative estimate of drug-likeness (QED) is 0.842. The number of nitriles is 1. The van der Waals surface area contributed by atoms with Gasteiger partial charge in [-0.15, -0.1) is 11.3 Å². The number of hydrogen-bond acceptors (Lipinski definition) is 5. The van der Waals surface area contributed by atoms with Crippen LogP contribution in [0.15, 0.2) is 35.4 Å². The highest BCUT2D eigenvalue weighted by Gasteiger charge is 2.31. The van der Waals surface area contributed by atoms with Crippen molar-refractivity contribution >= 4 is 21.4 Å². The smallest absolute Gasteiger partial charge is 0.228 e. The third-order valence-corrected chi connectivity index (χ3v) is 6.42. The molecule has 0 aliphatic rings. The van der Waals surface area contributed by atoms with Gasteiger partial charge in [0.25, 0.3) is 10.0 Å². The molecule has 0 saturated heterocycles. The number of thiazole rings is 1. The van der Waals surface area contributed by atoms with Crippen LogP contribution in [0.3, 0.4) is 0 Å². The highest BCUT2D eigenvalue weighted by molar-refractivity contribution is 7.89. The van der Waals surface area contributed by atoms with Crippen molar-refractivity contribution in [1.82, 2.24) is 9.29 Å². The van der Waals surface area contributed by atoms with Gasteiger partial charge >= 0.3 is 0 Å². The topological polar surface area (TPSA) is 74.1 Å². The zero-order valence-electron chi connectivity index (χ0n) is 12.6. The molecule has 2 rings (SSSR count). The van der Waals surface area contributed by atoms with E-state index in [-0.39, 0.29) is 11.4 Å². The van der Waals surface area contributed by atoms with Crippen molar-refractivity contribution in [1.29, 1.82) is 5.26 Å². The van der Waals surface area contributed by atoms with E-state index in [0.717, 1.165) is 5.56 Å². The SMILES string of the molecule is Cc1nc(S(=O)(=O)N(C)C(C)CC#N)c(-c2ccccc2)s1. The van der Waals surface area contributed by atoms with E-state index in [1.165, 1.54) is 22.7 Å². The first kappa shape index (κ1) is 16.6. The van der Waals surface area contributed by atoms with Gasteiger partial charge in [-0.2, -0.15) is 9.57 Å². The summed E-state index contributed by atoms with van der Waals surface area (Å²) in [6, 6.07) is 10.9. The van der Waals surface area contributed by atoms with Crippen LogP contribution < -0.4 is 0 Å².